The van der Waals surface area contributed by atoms with Crippen LogP contribution < -0.4 is 0 Å². The highest BCUT2D eigenvalue weighted by Crippen LogP contribution is 1.93. The third kappa shape index (κ3) is 4.69. The summed E-state index contributed by atoms with van der Waals surface area (Å²) in [7, 11) is 3.22. The number of hydrogen-bond donors (Lipinski definition) is 2. The van der Waals surface area contributed by atoms with E-state index in [4.69, 9.17) is 9.84 Å². The van der Waals surface area contributed by atoms with Gasteiger partial charge in [-0.3, -0.25) is 0 Å². The summed E-state index contributed by atoms with van der Waals surface area (Å²) in [5, 5.41) is 17.8. The predicted molar refractivity (Wildman–Crippen MR) is 36.7 cm³/mol. The summed E-state index contributed by atoms with van der Waals surface area (Å²) in [6.07, 6.45) is 0. The number of rotatable bonds is 5. The molecular weight excluding hydrogens is 134 g/mol. The van der Waals surface area contributed by atoms with Gasteiger partial charge in [-0.05, 0) is 0 Å². The van der Waals surface area contributed by atoms with Gasteiger partial charge in [-0.2, -0.15) is 4.65 Å². The standard InChI is InChI=1S/C6H16NO3/c1-7(9,3-5-8)4-6-10-2/h8-9H,3-6H2,1-2H3/q+1. The van der Waals surface area contributed by atoms with Crippen LogP contribution in [-0.4, -0.2) is 55.4 Å². The molecule has 1 atom stereocenters. The van der Waals surface area contributed by atoms with Gasteiger partial charge in [-0.15, -0.1) is 0 Å². The number of aliphatic hydroxyl groups is 1. The van der Waals surface area contributed by atoms with Crippen LogP contribution in [0.4, 0.5) is 0 Å². The van der Waals surface area contributed by atoms with Crippen molar-refractivity contribution in [1.29, 1.82) is 0 Å². The number of likely N-dealkylation sites (N-methyl/N-ethyl adjacent to an activating group) is 1. The molecule has 0 aliphatic heterocycles. The summed E-state index contributed by atoms with van der Waals surface area (Å²) < 4.78 is 4.59. The zero-order chi connectivity index (χ0) is 8.04. The Morgan fingerprint density at radius 2 is 2.00 bits per heavy atom. The third-order valence-corrected chi connectivity index (χ3v) is 1.36. The number of ether oxygens (including phenoxy) is 1. The van der Waals surface area contributed by atoms with Gasteiger partial charge in [-0.1, -0.05) is 0 Å². The lowest BCUT2D eigenvalue weighted by molar-refractivity contribution is -1.09. The molecule has 0 aromatic carbocycles. The Kier molecular flexibility index (Phi) is 4.55. The maximum atomic E-state index is 9.34. The Morgan fingerprint density at radius 1 is 1.40 bits per heavy atom. The van der Waals surface area contributed by atoms with Crippen LogP contribution in [0.2, 0.25) is 0 Å². The first-order valence-corrected chi connectivity index (χ1v) is 3.29. The van der Waals surface area contributed by atoms with Gasteiger partial charge in [0.15, 0.2) is 0 Å². The normalized spacial score (nSPS) is 16.8. The molecule has 0 fully saturated rings. The lowest BCUT2D eigenvalue weighted by Crippen LogP contribution is -2.44. The highest BCUT2D eigenvalue weighted by atomic mass is 16.6. The predicted octanol–water partition coefficient (Wildman–Crippen LogP) is -0.539. The first kappa shape index (κ1) is 9.84. The molecule has 0 rings (SSSR count). The lowest BCUT2D eigenvalue weighted by Gasteiger charge is -2.23. The van der Waals surface area contributed by atoms with Crippen LogP contribution in [0.1, 0.15) is 0 Å². The molecule has 0 amide bonds. The summed E-state index contributed by atoms with van der Waals surface area (Å²) in [5.74, 6) is 0. The summed E-state index contributed by atoms with van der Waals surface area (Å²) in [5.41, 5.74) is 0. The average Bonchev–Trinajstić information content (AvgIpc) is 1.84. The van der Waals surface area contributed by atoms with Crippen molar-refractivity contribution >= 4 is 0 Å². The second kappa shape index (κ2) is 4.62. The quantitative estimate of drug-likeness (QED) is 0.409. The SMILES string of the molecule is COCC[N+](C)(O)CCO. The number of methoxy groups -OCH3 is 1. The minimum absolute atomic E-state index is 0.00326. The number of hydrogen-bond acceptors (Lipinski definition) is 3. The maximum absolute atomic E-state index is 9.34. The molecule has 62 valence electrons. The summed E-state index contributed by atoms with van der Waals surface area (Å²) in [4.78, 5) is 0. The van der Waals surface area contributed by atoms with E-state index in [1.165, 1.54) is 0 Å². The fourth-order valence-corrected chi connectivity index (χ4v) is 0.615. The molecule has 2 N–H and O–H groups in total. The maximum Gasteiger partial charge on any atom is 0.132 e. The van der Waals surface area contributed by atoms with Crippen LogP contribution in [0.25, 0.3) is 0 Å². The lowest BCUT2D eigenvalue weighted by atomic mass is 10.5. The van der Waals surface area contributed by atoms with Crippen LogP contribution in [-0.2, 0) is 4.74 Å². The van der Waals surface area contributed by atoms with E-state index < -0.39 is 0 Å². The third-order valence-electron chi connectivity index (χ3n) is 1.36. The van der Waals surface area contributed by atoms with E-state index in [0.29, 0.717) is 19.7 Å². The van der Waals surface area contributed by atoms with E-state index in [1.54, 1.807) is 14.2 Å². The molecule has 0 aromatic rings. The summed E-state index contributed by atoms with van der Waals surface area (Å²) >= 11 is 0. The Labute approximate surface area is 61.2 Å². The molecule has 0 spiro atoms. The zero-order valence-electron chi connectivity index (χ0n) is 6.58. The monoisotopic (exact) mass is 150 g/mol. The first-order chi connectivity index (χ1) is 4.62. The molecule has 0 aliphatic carbocycles. The van der Waals surface area contributed by atoms with E-state index in [1.807, 2.05) is 0 Å². The van der Waals surface area contributed by atoms with E-state index in [-0.39, 0.29) is 11.3 Å². The van der Waals surface area contributed by atoms with Crippen LogP contribution in [0.15, 0.2) is 0 Å². The van der Waals surface area contributed by atoms with E-state index in [9.17, 15) is 5.21 Å². The average molecular weight is 150 g/mol. The topological polar surface area (TPSA) is 49.7 Å². The van der Waals surface area contributed by atoms with Crippen molar-refractivity contribution in [3.05, 3.63) is 0 Å². The zero-order valence-corrected chi connectivity index (χ0v) is 6.58. The Hall–Kier alpha value is -0.160. The number of hydroxylamine groups is 3. The first-order valence-electron chi connectivity index (χ1n) is 3.29. The molecule has 0 saturated carbocycles. The fraction of sp³-hybridized carbons (Fsp3) is 1.00. The second-order valence-electron chi connectivity index (χ2n) is 2.50. The van der Waals surface area contributed by atoms with Crippen molar-refractivity contribution in [2.45, 2.75) is 0 Å². The highest BCUT2D eigenvalue weighted by Gasteiger charge is 2.16. The van der Waals surface area contributed by atoms with Crippen LogP contribution in [0.3, 0.4) is 0 Å². The molecule has 0 saturated heterocycles. The van der Waals surface area contributed by atoms with Gasteiger partial charge in [0.1, 0.15) is 13.1 Å². The van der Waals surface area contributed by atoms with E-state index >= 15 is 0 Å². The van der Waals surface area contributed by atoms with Crippen LogP contribution in [0, 0.1) is 0 Å². The van der Waals surface area contributed by atoms with Crippen molar-refractivity contribution in [3.8, 4) is 0 Å². The van der Waals surface area contributed by atoms with Crippen LogP contribution in [0.5, 0.6) is 0 Å². The molecule has 4 nitrogen and oxygen atoms in total. The van der Waals surface area contributed by atoms with Crippen LogP contribution >= 0.6 is 0 Å². The molecule has 0 aliphatic rings. The minimum atomic E-state index is -0.176. The summed E-state index contributed by atoms with van der Waals surface area (Å²) in [6.45, 7) is 1.37. The minimum Gasteiger partial charge on any atom is -0.390 e. The van der Waals surface area contributed by atoms with Crippen molar-refractivity contribution in [2.75, 3.05) is 40.5 Å². The van der Waals surface area contributed by atoms with Gasteiger partial charge in [0.05, 0.1) is 20.3 Å². The number of quaternary nitrogens is 1. The van der Waals surface area contributed by atoms with Crippen molar-refractivity contribution in [3.63, 3.8) is 0 Å². The molecule has 0 aromatic heterocycles. The van der Waals surface area contributed by atoms with E-state index in [0.717, 1.165) is 0 Å². The van der Waals surface area contributed by atoms with Crippen molar-refractivity contribution in [1.82, 2.24) is 0 Å². The number of aliphatic hydroxyl groups excluding tert-OH is 1. The molecule has 1 unspecified atom stereocenters. The highest BCUT2D eigenvalue weighted by molar-refractivity contribution is 4.27. The van der Waals surface area contributed by atoms with E-state index in [2.05, 4.69) is 0 Å². The number of nitrogens with zero attached hydrogens (tertiary/aromatic N) is 1. The van der Waals surface area contributed by atoms with Gasteiger partial charge in [0, 0.05) is 7.11 Å². The second-order valence-corrected chi connectivity index (χ2v) is 2.50. The molecule has 0 heterocycles. The molecular formula is C6H16NO3+. The molecule has 4 heteroatoms. The Balaban J connectivity index is 3.42. The summed E-state index contributed by atoms with van der Waals surface area (Å²) in [6, 6.07) is 0. The molecule has 0 radical (unpaired) electrons. The van der Waals surface area contributed by atoms with Crippen molar-refractivity contribution in [2.24, 2.45) is 0 Å². The molecule has 0 bridgehead atoms. The Morgan fingerprint density at radius 3 is 2.40 bits per heavy atom. The van der Waals surface area contributed by atoms with Gasteiger partial charge in [0.2, 0.25) is 0 Å². The Bertz CT molecular complexity index is 85.1. The van der Waals surface area contributed by atoms with Gasteiger partial charge < -0.3 is 9.84 Å². The van der Waals surface area contributed by atoms with Gasteiger partial charge in [-0.25, -0.2) is 5.21 Å². The smallest absolute Gasteiger partial charge is 0.132 e. The van der Waals surface area contributed by atoms with Crippen molar-refractivity contribution < 1.29 is 19.7 Å². The van der Waals surface area contributed by atoms with Gasteiger partial charge in [0.25, 0.3) is 0 Å². The largest absolute Gasteiger partial charge is 0.390 e. The van der Waals surface area contributed by atoms with Gasteiger partial charge >= 0.3 is 0 Å². The molecule has 10 heavy (non-hydrogen) atoms. The fourth-order valence-electron chi connectivity index (χ4n) is 0.615.